The van der Waals surface area contributed by atoms with Crippen LogP contribution in [0.1, 0.15) is 36.0 Å². The Labute approximate surface area is 163 Å². The summed E-state index contributed by atoms with van der Waals surface area (Å²) >= 11 is 1.44. The van der Waals surface area contributed by atoms with Crippen molar-refractivity contribution in [1.82, 2.24) is 10.3 Å². The summed E-state index contributed by atoms with van der Waals surface area (Å²) in [4.78, 5) is 16.6. The summed E-state index contributed by atoms with van der Waals surface area (Å²) in [6.07, 6.45) is 2.53. The zero-order valence-electron chi connectivity index (χ0n) is 15.3. The Balaban J connectivity index is 1.56. The Morgan fingerprint density at radius 3 is 2.85 bits per heavy atom. The summed E-state index contributed by atoms with van der Waals surface area (Å²) in [6, 6.07) is 9.90. The van der Waals surface area contributed by atoms with Crippen molar-refractivity contribution in [1.29, 1.82) is 0 Å². The highest BCUT2D eigenvalue weighted by Crippen LogP contribution is 2.18. The molecule has 1 fully saturated rings. The van der Waals surface area contributed by atoms with Gasteiger partial charge in [0.1, 0.15) is 5.25 Å². The Morgan fingerprint density at radius 2 is 2.15 bits per heavy atom. The van der Waals surface area contributed by atoms with E-state index in [9.17, 15) is 13.2 Å². The second-order valence-electron chi connectivity index (χ2n) is 6.72. The van der Waals surface area contributed by atoms with Crippen LogP contribution in [0.5, 0.6) is 0 Å². The number of carbonyl (C=O) groups is 1. The molecule has 6 nitrogen and oxygen atoms in total. The highest BCUT2D eigenvalue weighted by Gasteiger charge is 2.29. The lowest BCUT2D eigenvalue weighted by Crippen LogP contribution is -2.41. The molecule has 146 valence electrons. The summed E-state index contributed by atoms with van der Waals surface area (Å²) in [5, 5.41) is 4.20. The lowest BCUT2D eigenvalue weighted by atomic mass is 10.2. The number of benzene rings is 1. The van der Waals surface area contributed by atoms with Crippen LogP contribution < -0.4 is 5.32 Å². The van der Waals surface area contributed by atoms with Crippen molar-refractivity contribution in [3.8, 4) is 0 Å². The smallest absolute Gasteiger partial charge is 0.238 e. The largest absolute Gasteiger partial charge is 0.376 e. The first-order chi connectivity index (χ1) is 12.9. The second kappa shape index (κ2) is 8.95. The highest BCUT2D eigenvalue weighted by atomic mass is 32.2. The average Bonchev–Trinajstić information content (AvgIpc) is 3.31. The first-order valence-corrected chi connectivity index (χ1v) is 11.6. The number of amides is 1. The molecule has 0 radical (unpaired) electrons. The van der Waals surface area contributed by atoms with E-state index in [1.165, 1.54) is 18.3 Å². The SMILES string of the molecule is C[C@H](C(=O)NC[C@@H]1CCCO1)S(=O)(=O)Cc1csc(Cc2ccccc2)n1. The number of sulfone groups is 1. The fraction of sp³-hybridized carbons (Fsp3) is 0.474. The predicted octanol–water partition coefficient (Wildman–Crippen LogP) is 2.33. The van der Waals surface area contributed by atoms with Crippen LogP contribution in [-0.4, -0.2) is 43.8 Å². The molecule has 1 aliphatic rings. The van der Waals surface area contributed by atoms with Gasteiger partial charge in [0.05, 0.1) is 22.6 Å². The van der Waals surface area contributed by atoms with Gasteiger partial charge < -0.3 is 10.1 Å². The normalized spacial score (nSPS) is 18.3. The highest BCUT2D eigenvalue weighted by molar-refractivity contribution is 7.92. The van der Waals surface area contributed by atoms with E-state index in [1.807, 2.05) is 30.3 Å². The number of carbonyl (C=O) groups excluding carboxylic acids is 1. The number of hydrogen-bond donors (Lipinski definition) is 1. The molecule has 1 aromatic heterocycles. The maximum Gasteiger partial charge on any atom is 0.238 e. The third-order valence-electron chi connectivity index (χ3n) is 4.58. The minimum Gasteiger partial charge on any atom is -0.376 e. The number of ether oxygens (including phenoxy) is 1. The molecule has 3 rings (SSSR count). The molecule has 1 saturated heterocycles. The van der Waals surface area contributed by atoms with Crippen molar-refractivity contribution in [3.05, 3.63) is 52.0 Å². The van der Waals surface area contributed by atoms with E-state index in [0.29, 0.717) is 25.3 Å². The molecule has 27 heavy (non-hydrogen) atoms. The summed E-state index contributed by atoms with van der Waals surface area (Å²) in [5.41, 5.74) is 1.62. The summed E-state index contributed by atoms with van der Waals surface area (Å²) in [7, 11) is -3.63. The molecule has 1 amide bonds. The first kappa shape index (κ1) is 20.0. The molecule has 0 spiro atoms. The van der Waals surface area contributed by atoms with E-state index < -0.39 is 21.0 Å². The van der Waals surface area contributed by atoms with Gasteiger partial charge in [0.25, 0.3) is 0 Å². The first-order valence-electron chi connectivity index (χ1n) is 9.02. The molecule has 8 heteroatoms. The van der Waals surface area contributed by atoms with Crippen molar-refractivity contribution in [3.63, 3.8) is 0 Å². The Morgan fingerprint density at radius 1 is 1.37 bits per heavy atom. The monoisotopic (exact) mass is 408 g/mol. The zero-order valence-corrected chi connectivity index (χ0v) is 16.9. The van der Waals surface area contributed by atoms with E-state index in [1.54, 1.807) is 5.38 Å². The van der Waals surface area contributed by atoms with Gasteiger partial charge in [0, 0.05) is 25.0 Å². The number of rotatable bonds is 8. The lowest BCUT2D eigenvalue weighted by Gasteiger charge is -2.15. The Hall–Kier alpha value is -1.77. The second-order valence-corrected chi connectivity index (χ2v) is 9.99. The van der Waals surface area contributed by atoms with E-state index in [4.69, 9.17) is 4.74 Å². The van der Waals surface area contributed by atoms with Crippen LogP contribution in [0.2, 0.25) is 0 Å². The van der Waals surface area contributed by atoms with Crippen LogP contribution in [-0.2, 0) is 31.5 Å². The predicted molar refractivity (Wildman–Crippen MR) is 105 cm³/mol. The third-order valence-corrected chi connectivity index (χ3v) is 7.47. The fourth-order valence-corrected chi connectivity index (χ4v) is 5.08. The Kier molecular flexibility index (Phi) is 6.62. The van der Waals surface area contributed by atoms with Gasteiger partial charge in [0.15, 0.2) is 9.84 Å². The zero-order chi connectivity index (χ0) is 19.3. The maximum absolute atomic E-state index is 12.6. The van der Waals surface area contributed by atoms with Gasteiger partial charge in [-0.05, 0) is 25.3 Å². The number of nitrogens with zero attached hydrogens (tertiary/aromatic N) is 1. The molecule has 0 bridgehead atoms. The molecular formula is C19H24N2O4S2. The van der Waals surface area contributed by atoms with Crippen LogP contribution in [0.4, 0.5) is 0 Å². The molecule has 2 aromatic rings. The van der Waals surface area contributed by atoms with Crippen molar-refractivity contribution in [2.75, 3.05) is 13.2 Å². The number of nitrogens with one attached hydrogen (secondary N) is 1. The van der Waals surface area contributed by atoms with Crippen LogP contribution in [0, 0.1) is 0 Å². The van der Waals surface area contributed by atoms with Crippen molar-refractivity contribution < 1.29 is 17.9 Å². The average molecular weight is 409 g/mol. The molecule has 0 saturated carbocycles. The molecule has 0 aliphatic carbocycles. The van der Waals surface area contributed by atoms with E-state index in [0.717, 1.165) is 23.4 Å². The van der Waals surface area contributed by atoms with Gasteiger partial charge in [-0.15, -0.1) is 11.3 Å². The maximum atomic E-state index is 12.6. The molecule has 1 aromatic carbocycles. The van der Waals surface area contributed by atoms with Crippen molar-refractivity contribution in [2.45, 2.75) is 43.3 Å². The Bertz CT molecular complexity index is 859. The molecule has 1 aliphatic heterocycles. The van der Waals surface area contributed by atoms with Gasteiger partial charge in [-0.3, -0.25) is 4.79 Å². The van der Waals surface area contributed by atoms with Crippen LogP contribution in [0.3, 0.4) is 0 Å². The van der Waals surface area contributed by atoms with Gasteiger partial charge in [-0.2, -0.15) is 0 Å². The summed E-state index contributed by atoms with van der Waals surface area (Å²) < 4.78 is 30.6. The van der Waals surface area contributed by atoms with Crippen LogP contribution in [0.15, 0.2) is 35.7 Å². The number of thiazole rings is 1. The fourth-order valence-electron chi connectivity index (χ4n) is 2.92. The molecular weight excluding hydrogens is 384 g/mol. The van der Waals surface area contributed by atoms with E-state index >= 15 is 0 Å². The number of hydrogen-bond acceptors (Lipinski definition) is 6. The van der Waals surface area contributed by atoms with Gasteiger partial charge in [-0.1, -0.05) is 30.3 Å². The minimum atomic E-state index is -3.63. The topological polar surface area (TPSA) is 85.4 Å². The van der Waals surface area contributed by atoms with Gasteiger partial charge >= 0.3 is 0 Å². The van der Waals surface area contributed by atoms with Gasteiger partial charge in [0.2, 0.25) is 5.91 Å². The molecule has 2 heterocycles. The third kappa shape index (κ3) is 5.60. The van der Waals surface area contributed by atoms with Crippen molar-refractivity contribution >= 4 is 27.1 Å². The van der Waals surface area contributed by atoms with Crippen LogP contribution in [0.25, 0.3) is 0 Å². The van der Waals surface area contributed by atoms with E-state index in [-0.39, 0.29) is 11.9 Å². The van der Waals surface area contributed by atoms with E-state index in [2.05, 4.69) is 10.3 Å². The quantitative estimate of drug-likeness (QED) is 0.725. The van der Waals surface area contributed by atoms with Crippen LogP contribution >= 0.6 is 11.3 Å². The summed E-state index contributed by atoms with van der Waals surface area (Å²) in [6.45, 7) is 2.48. The standard InChI is InChI=1S/C19H24N2O4S2/c1-14(19(22)20-11-17-8-5-9-25-17)27(23,24)13-16-12-26-18(21-16)10-15-6-3-2-4-7-15/h2-4,6-7,12,14,17H,5,8-11,13H2,1H3,(H,20,22)/t14-,17+/m1/s1. The minimum absolute atomic E-state index is 0.0112. The molecule has 0 unspecified atom stereocenters. The van der Waals surface area contributed by atoms with Crippen molar-refractivity contribution in [2.24, 2.45) is 0 Å². The summed E-state index contributed by atoms with van der Waals surface area (Å²) in [5.74, 6) is -0.711. The molecule has 2 atom stereocenters. The molecule has 1 N–H and O–H groups in total. The van der Waals surface area contributed by atoms with Gasteiger partial charge in [-0.25, -0.2) is 13.4 Å². The number of aromatic nitrogens is 1. The lowest BCUT2D eigenvalue weighted by molar-refractivity contribution is -0.120.